The van der Waals surface area contributed by atoms with Gasteiger partial charge in [0.25, 0.3) is 0 Å². The van der Waals surface area contributed by atoms with Gasteiger partial charge in [-0.15, -0.1) is 0 Å². The molecule has 0 saturated carbocycles. The standard InChI is InChI=1S/C19H23N7O/c1-14(19(27)23-15-6-4-3-5-7-15)25-8-10-26(11-9-25)18-16-12-22-24(2)17(16)20-13-21-18/h3-7,12-14H,8-11H2,1-2H3,(H,23,27). The van der Waals surface area contributed by atoms with Crippen LogP contribution in [0.3, 0.4) is 0 Å². The van der Waals surface area contributed by atoms with Crippen LogP contribution in [0.1, 0.15) is 6.92 Å². The number of aryl methyl sites for hydroxylation is 1. The zero-order valence-corrected chi connectivity index (χ0v) is 15.5. The molecule has 1 aliphatic rings. The van der Waals surface area contributed by atoms with E-state index in [0.29, 0.717) is 0 Å². The minimum Gasteiger partial charge on any atom is -0.353 e. The lowest BCUT2D eigenvalue weighted by molar-refractivity contribution is -0.120. The summed E-state index contributed by atoms with van der Waals surface area (Å²) in [5, 5.41) is 8.23. The highest BCUT2D eigenvalue weighted by Gasteiger charge is 2.27. The number of hydrogen-bond acceptors (Lipinski definition) is 6. The summed E-state index contributed by atoms with van der Waals surface area (Å²) >= 11 is 0. The minimum absolute atomic E-state index is 0.0198. The van der Waals surface area contributed by atoms with E-state index in [4.69, 9.17) is 0 Å². The molecule has 8 nitrogen and oxygen atoms in total. The number of hydrogen-bond donors (Lipinski definition) is 1. The number of amides is 1. The summed E-state index contributed by atoms with van der Waals surface area (Å²) < 4.78 is 1.76. The van der Waals surface area contributed by atoms with Crippen LogP contribution in [0, 0.1) is 0 Å². The molecule has 0 radical (unpaired) electrons. The summed E-state index contributed by atoms with van der Waals surface area (Å²) in [5.74, 6) is 0.931. The summed E-state index contributed by atoms with van der Waals surface area (Å²) in [4.78, 5) is 25.8. The Morgan fingerprint density at radius 1 is 1.11 bits per heavy atom. The van der Waals surface area contributed by atoms with Gasteiger partial charge in [0.2, 0.25) is 5.91 Å². The van der Waals surface area contributed by atoms with Crippen LogP contribution in [-0.4, -0.2) is 62.8 Å². The van der Waals surface area contributed by atoms with Crippen molar-refractivity contribution in [3.05, 3.63) is 42.9 Å². The Bertz CT molecular complexity index is 932. The third kappa shape index (κ3) is 3.48. The number of nitrogens with zero attached hydrogens (tertiary/aromatic N) is 6. The van der Waals surface area contributed by atoms with Gasteiger partial charge in [-0.2, -0.15) is 5.10 Å². The molecular weight excluding hydrogens is 342 g/mol. The molecule has 1 aromatic carbocycles. The quantitative estimate of drug-likeness (QED) is 0.755. The van der Waals surface area contributed by atoms with Crippen molar-refractivity contribution in [1.82, 2.24) is 24.6 Å². The van der Waals surface area contributed by atoms with Gasteiger partial charge in [-0.25, -0.2) is 9.97 Å². The predicted molar refractivity (Wildman–Crippen MR) is 105 cm³/mol. The molecule has 1 aliphatic heterocycles. The number of anilines is 2. The maximum absolute atomic E-state index is 12.5. The molecule has 140 valence electrons. The smallest absolute Gasteiger partial charge is 0.241 e. The van der Waals surface area contributed by atoms with Crippen molar-refractivity contribution in [1.29, 1.82) is 0 Å². The van der Waals surface area contributed by atoms with E-state index in [1.165, 1.54) is 0 Å². The Morgan fingerprint density at radius 2 is 1.85 bits per heavy atom. The molecule has 0 aliphatic carbocycles. The van der Waals surface area contributed by atoms with Crippen molar-refractivity contribution in [2.45, 2.75) is 13.0 Å². The highest BCUT2D eigenvalue weighted by atomic mass is 16.2. The van der Waals surface area contributed by atoms with E-state index in [1.54, 1.807) is 11.0 Å². The fourth-order valence-electron chi connectivity index (χ4n) is 3.46. The third-order valence-corrected chi connectivity index (χ3v) is 5.09. The molecule has 2 aromatic heterocycles. The Balaban J connectivity index is 1.40. The van der Waals surface area contributed by atoms with Crippen molar-refractivity contribution >= 4 is 28.4 Å². The molecule has 1 N–H and O–H groups in total. The van der Waals surface area contributed by atoms with E-state index in [9.17, 15) is 4.79 Å². The SMILES string of the molecule is CC(C(=O)Nc1ccccc1)N1CCN(c2ncnc3c2cnn3C)CC1. The van der Waals surface area contributed by atoms with Gasteiger partial charge in [-0.05, 0) is 19.1 Å². The summed E-state index contributed by atoms with van der Waals surface area (Å²) in [6, 6.07) is 9.38. The molecule has 1 amide bonds. The van der Waals surface area contributed by atoms with Gasteiger partial charge in [0.15, 0.2) is 5.65 Å². The lowest BCUT2D eigenvalue weighted by Crippen LogP contribution is -2.53. The van der Waals surface area contributed by atoms with Gasteiger partial charge in [0.05, 0.1) is 17.6 Å². The zero-order chi connectivity index (χ0) is 18.8. The van der Waals surface area contributed by atoms with Gasteiger partial charge in [-0.3, -0.25) is 14.4 Å². The maximum Gasteiger partial charge on any atom is 0.241 e. The van der Waals surface area contributed by atoms with Crippen LogP contribution in [0.15, 0.2) is 42.9 Å². The largest absolute Gasteiger partial charge is 0.353 e. The Morgan fingerprint density at radius 3 is 2.59 bits per heavy atom. The first kappa shape index (κ1) is 17.4. The Labute approximate surface area is 157 Å². The van der Waals surface area contributed by atoms with Crippen LogP contribution in [-0.2, 0) is 11.8 Å². The number of benzene rings is 1. The number of nitrogens with one attached hydrogen (secondary N) is 1. The van der Waals surface area contributed by atoms with E-state index in [-0.39, 0.29) is 11.9 Å². The van der Waals surface area contributed by atoms with Crippen molar-refractivity contribution in [2.24, 2.45) is 7.05 Å². The number of carbonyl (C=O) groups excluding carboxylic acids is 1. The van der Waals surface area contributed by atoms with E-state index >= 15 is 0 Å². The first-order valence-electron chi connectivity index (χ1n) is 9.11. The molecule has 0 bridgehead atoms. The second kappa shape index (κ2) is 7.32. The molecule has 1 fully saturated rings. The molecule has 0 spiro atoms. The van der Waals surface area contributed by atoms with Crippen molar-refractivity contribution < 1.29 is 4.79 Å². The molecule has 1 unspecified atom stereocenters. The van der Waals surface area contributed by atoms with Gasteiger partial charge < -0.3 is 10.2 Å². The first-order valence-corrected chi connectivity index (χ1v) is 9.11. The van der Waals surface area contributed by atoms with E-state index in [1.807, 2.05) is 50.5 Å². The predicted octanol–water partition coefficient (Wildman–Crippen LogP) is 1.51. The molecular formula is C19H23N7O. The van der Waals surface area contributed by atoms with E-state index in [0.717, 1.165) is 48.7 Å². The van der Waals surface area contributed by atoms with Crippen LogP contribution in [0.2, 0.25) is 0 Å². The maximum atomic E-state index is 12.5. The van der Waals surface area contributed by atoms with E-state index < -0.39 is 0 Å². The van der Waals surface area contributed by atoms with Gasteiger partial charge in [-0.1, -0.05) is 18.2 Å². The number of rotatable bonds is 4. The average Bonchev–Trinajstić information content (AvgIpc) is 3.09. The Kier molecular flexibility index (Phi) is 4.72. The van der Waals surface area contributed by atoms with Crippen molar-refractivity contribution in [3.63, 3.8) is 0 Å². The molecule has 1 atom stereocenters. The molecule has 3 heterocycles. The zero-order valence-electron chi connectivity index (χ0n) is 15.5. The topological polar surface area (TPSA) is 79.2 Å². The third-order valence-electron chi connectivity index (χ3n) is 5.09. The van der Waals surface area contributed by atoms with Gasteiger partial charge in [0.1, 0.15) is 12.1 Å². The molecule has 8 heteroatoms. The van der Waals surface area contributed by atoms with Gasteiger partial charge in [0, 0.05) is 38.9 Å². The summed E-state index contributed by atoms with van der Waals surface area (Å²) in [6.45, 7) is 5.18. The molecule has 1 saturated heterocycles. The van der Waals surface area contributed by atoms with Crippen LogP contribution in [0.4, 0.5) is 11.5 Å². The summed E-state index contributed by atoms with van der Waals surface area (Å²) in [5.41, 5.74) is 1.66. The fraction of sp³-hybridized carbons (Fsp3) is 0.368. The molecule has 3 aromatic rings. The van der Waals surface area contributed by atoms with Crippen LogP contribution >= 0.6 is 0 Å². The number of carbonyl (C=O) groups is 1. The fourth-order valence-corrected chi connectivity index (χ4v) is 3.46. The average molecular weight is 365 g/mol. The number of fused-ring (bicyclic) bond motifs is 1. The van der Waals surface area contributed by atoms with Crippen LogP contribution < -0.4 is 10.2 Å². The second-order valence-corrected chi connectivity index (χ2v) is 6.76. The monoisotopic (exact) mass is 365 g/mol. The van der Waals surface area contributed by atoms with Crippen molar-refractivity contribution in [3.8, 4) is 0 Å². The number of para-hydroxylation sites is 1. The normalized spacial score (nSPS) is 16.4. The lowest BCUT2D eigenvalue weighted by Gasteiger charge is -2.38. The summed E-state index contributed by atoms with van der Waals surface area (Å²) in [6.07, 6.45) is 3.40. The Hall–Kier alpha value is -3.00. The number of aromatic nitrogens is 4. The molecule has 4 rings (SSSR count). The second-order valence-electron chi connectivity index (χ2n) is 6.76. The van der Waals surface area contributed by atoms with E-state index in [2.05, 4.69) is 30.2 Å². The van der Waals surface area contributed by atoms with Gasteiger partial charge >= 0.3 is 0 Å². The highest BCUT2D eigenvalue weighted by molar-refractivity contribution is 5.94. The lowest BCUT2D eigenvalue weighted by atomic mass is 10.2. The number of piperazine rings is 1. The first-order chi connectivity index (χ1) is 13.1. The van der Waals surface area contributed by atoms with Crippen LogP contribution in [0.25, 0.3) is 11.0 Å². The van der Waals surface area contributed by atoms with Crippen molar-refractivity contribution in [2.75, 3.05) is 36.4 Å². The molecule has 27 heavy (non-hydrogen) atoms. The van der Waals surface area contributed by atoms with Crippen LogP contribution in [0.5, 0.6) is 0 Å². The highest BCUT2D eigenvalue weighted by Crippen LogP contribution is 2.23. The minimum atomic E-state index is -0.184. The summed E-state index contributed by atoms with van der Waals surface area (Å²) in [7, 11) is 1.88.